The Hall–Kier alpha value is -3.76. The maximum Gasteiger partial charge on any atom is 0.264 e. The molecule has 9 nitrogen and oxygen atoms in total. The lowest BCUT2D eigenvalue weighted by molar-refractivity contribution is -0.139. The predicted molar refractivity (Wildman–Crippen MR) is 160 cm³/mol. The highest BCUT2D eigenvalue weighted by atomic mass is 35.5. The van der Waals surface area contributed by atoms with Crippen molar-refractivity contribution in [3.63, 3.8) is 0 Å². The van der Waals surface area contributed by atoms with Crippen LogP contribution in [0.2, 0.25) is 5.02 Å². The van der Waals surface area contributed by atoms with Gasteiger partial charge in [0.1, 0.15) is 24.1 Å². The van der Waals surface area contributed by atoms with E-state index in [4.69, 9.17) is 21.1 Å². The zero-order chi connectivity index (χ0) is 30.0. The van der Waals surface area contributed by atoms with Crippen LogP contribution in [0.25, 0.3) is 0 Å². The number of rotatable bonds is 14. The summed E-state index contributed by atoms with van der Waals surface area (Å²) in [7, 11) is -1.40. The van der Waals surface area contributed by atoms with Crippen molar-refractivity contribution in [1.29, 1.82) is 0 Å². The number of unbranched alkanes of at least 4 members (excludes halogenated alkanes) is 1. The minimum Gasteiger partial charge on any atom is -0.497 e. The summed E-state index contributed by atoms with van der Waals surface area (Å²) in [6.07, 6.45) is 1.68. The van der Waals surface area contributed by atoms with Gasteiger partial charge >= 0.3 is 0 Å². The van der Waals surface area contributed by atoms with E-state index in [-0.39, 0.29) is 28.8 Å². The van der Waals surface area contributed by atoms with Gasteiger partial charge in [-0.15, -0.1) is 0 Å². The Bertz CT molecular complexity index is 1440. The molecule has 3 aromatic carbocycles. The molecule has 2 amide bonds. The highest BCUT2D eigenvalue weighted by Crippen LogP contribution is 2.36. The van der Waals surface area contributed by atoms with E-state index in [0.717, 1.165) is 17.1 Å². The van der Waals surface area contributed by atoms with Crippen LogP contribution in [0.15, 0.2) is 77.7 Å². The lowest BCUT2D eigenvalue weighted by Gasteiger charge is -2.32. The Kier molecular flexibility index (Phi) is 11.4. The number of anilines is 1. The second-order valence-electron chi connectivity index (χ2n) is 9.30. The molecule has 220 valence electrons. The molecule has 0 spiro atoms. The van der Waals surface area contributed by atoms with Gasteiger partial charge in [0.25, 0.3) is 10.0 Å². The van der Waals surface area contributed by atoms with Crippen molar-refractivity contribution in [3.05, 3.63) is 83.4 Å². The number of amides is 2. The molecule has 0 radical (unpaired) electrons. The summed E-state index contributed by atoms with van der Waals surface area (Å²) < 4.78 is 39.8. The Morgan fingerprint density at radius 1 is 0.976 bits per heavy atom. The molecule has 0 saturated heterocycles. The quantitative estimate of drug-likeness (QED) is 0.264. The number of nitrogens with zero attached hydrogens (tertiary/aromatic N) is 2. The van der Waals surface area contributed by atoms with Crippen LogP contribution in [0.5, 0.6) is 11.5 Å². The maximum absolute atomic E-state index is 14.1. The fraction of sp³-hybridized carbons (Fsp3) is 0.333. The first-order valence-electron chi connectivity index (χ1n) is 13.2. The van der Waals surface area contributed by atoms with Gasteiger partial charge in [-0.25, -0.2) is 8.42 Å². The zero-order valence-corrected chi connectivity index (χ0v) is 25.2. The lowest BCUT2D eigenvalue weighted by Crippen LogP contribution is -2.51. The van der Waals surface area contributed by atoms with Gasteiger partial charge in [0.05, 0.1) is 24.8 Å². The summed E-state index contributed by atoms with van der Waals surface area (Å²) in [6.45, 7) is 3.46. The van der Waals surface area contributed by atoms with Crippen LogP contribution in [0.3, 0.4) is 0 Å². The summed E-state index contributed by atoms with van der Waals surface area (Å²) >= 11 is 6.41. The molecular weight excluding hydrogens is 566 g/mol. The molecule has 3 aromatic rings. The molecule has 1 unspecified atom stereocenters. The monoisotopic (exact) mass is 601 g/mol. The van der Waals surface area contributed by atoms with Crippen molar-refractivity contribution in [2.75, 3.05) is 31.6 Å². The van der Waals surface area contributed by atoms with Gasteiger partial charge < -0.3 is 19.7 Å². The molecule has 0 aliphatic heterocycles. The highest BCUT2D eigenvalue weighted by molar-refractivity contribution is 7.92. The van der Waals surface area contributed by atoms with E-state index in [9.17, 15) is 18.0 Å². The zero-order valence-electron chi connectivity index (χ0n) is 23.7. The third kappa shape index (κ3) is 7.92. The first kappa shape index (κ1) is 31.8. The van der Waals surface area contributed by atoms with E-state index in [1.54, 1.807) is 61.5 Å². The molecule has 41 heavy (non-hydrogen) atoms. The molecule has 0 bridgehead atoms. The van der Waals surface area contributed by atoms with Crippen LogP contribution in [-0.2, 0) is 26.2 Å². The van der Waals surface area contributed by atoms with Crippen LogP contribution < -0.4 is 19.1 Å². The molecule has 0 aliphatic carbocycles. The molecule has 0 fully saturated rings. The number of hydrogen-bond donors (Lipinski definition) is 1. The van der Waals surface area contributed by atoms with Crippen LogP contribution in [0.4, 0.5) is 5.69 Å². The molecule has 3 rings (SSSR count). The maximum atomic E-state index is 14.1. The molecule has 0 saturated carbocycles. The van der Waals surface area contributed by atoms with Gasteiger partial charge in [-0.3, -0.25) is 13.9 Å². The van der Waals surface area contributed by atoms with Gasteiger partial charge in [-0.2, -0.15) is 0 Å². The second kappa shape index (κ2) is 14.7. The van der Waals surface area contributed by atoms with E-state index in [1.165, 1.54) is 37.3 Å². The van der Waals surface area contributed by atoms with Gasteiger partial charge in [0.2, 0.25) is 11.8 Å². The summed E-state index contributed by atoms with van der Waals surface area (Å²) in [5.41, 5.74) is 0.731. The fourth-order valence-electron chi connectivity index (χ4n) is 4.15. The van der Waals surface area contributed by atoms with Gasteiger partial charge in [-0.1, -0.05) is 61.3 Å². The molecule has 1 N–H and O–H groups in total. The van der Waals surface area contributed by atoms with Crippen LogP contribution in [0.1, 0.15) is 32.3 Å². The number of hydrogen-bond acceptors (Lipinski definition) is 6. The first-order chi connectivity index (χ1) is 19.6. The number of nitrogens with one attached hydrogen (secondary N) is 1. The molecule has 0 aromatic heterocycles. The van der Waals surface area contributed by atoms with Crippen molar-refractivity contribution in [3.8, 4) is 11.5 Å². The van der Waals surface area contributed by atoms with Crippen LogP contribution in [0, 0.1) is 0 Å². The van der Waals surface area contributed by atoms with Crippen molar-refractivity contribution in [2.45, 2.75) is 44.2 Å². The third-order valence-electron chi connectivity index (χ3n) is 6.56. The number of carbonyl (C=O) groups excluding carboxylic acids is 2. The number of benzene rings is 3. The largest absolute Gasteiger partial charge is 0.497 e. The summed E-state index contributed by atoms with van der Waals surface area (Å²) in [4.78, 5) is 28.5. The summed E-state index contributed by atoms with van der Waals surface area (Å²) in [5.74, 6) is -0.359. The Morgan fingerprint density at radius 2 is 1.66 bits per heavy atom. The van der Waals surface area contributed by atoms with Crippen molar-refractivity contribution in [1.82, 2.24) is 10.2 Å². The van der Waals surface area contributed by atoms with Gasteiger partial charge in [-0.05, 0) is 49.2 Å². The summed E-state index contributed by atoms with van der Waals surface area (Å²) in [5, 5.41) is 3.28. The highest BCUT2D eigenvalue weighted by Gasteiger charge is 2.34. The topological polar surface area (TPSA) is 105 Å². The molecule has 11 heteroatoms. The summed E-state index contributed by atoms with van der Waals surface area (Å²) in [6, 6.07) is 18.6. The molecule has 0 aliphatic rings. The third-order valence-corrected chi connectivity index (χ3v) is 8.70. The second-order valence-corrected chi connectivity index (χ2v) is 11.6. The minimum absolute atomic E-state index is 0.00462. The van der Waals surface area contributed by atoms with Gasteiger partial charge in [0.15, 0.2) is 0 Å². The molecular formula is C30H36ClN3O6S. The fourth-order valence-corrected chi connectivity index (χ4v) is 5.79. The number of carbonyl (C=O) groups is 2. The lowest BCUT2D eigenvalue weighted by atomic mass is 10.1. The predicted octanol–water partition coefficient (Wildman–Crippen LogP) is 4.89. The first-order valence-corrected chi connectivity index (χ1v) is 15.1. The Balaban J connectivity index is 2.09. The number of halogens is 1. The number of sulfonamides is 1. The number of ether oxygens (including phenoxy) is 2. The minimum atomic E-state index is -4.26. The standard InChI is InChI=1S/C30H36ClN3O6S/c1-5-6-18-32-30(36)22(2)33(20-23-12-10-11-15-26(23)31)29(35)21-34(41(37,38)25-13-8-7-9-14-25)27-19-24(39-3)16-17-28(27)40-4/h7-17,19,22H,5-6,18,20-21H2,1-4H3,(H,32,36). The SMILES string of the molecule is CCCCNC(=O)C(C)N(Cc1ccccc1Cl)C(=O)CN(c1cc(OC)ccc1OC)S(=O)(=O)c1ccccc1. The van der Waals surface area contributed by atoms with Gasteiger partial charge in [0, 0.05) is 24.2 Å². The van der Waals surface area contributed by atoms with E-state index < -0.39 is 28.5 Å². The normalized spacial score (nSPS) is 11.8. The smallest absolute Gasteiger partial charge is 0.264 e. The van der Waals surface area contributed by atoms with E-state index in [0.29, 0.717) is 22.9 Å². The van der Waals surface area contributed by atoms with Crippen molar-refractivity contribution >= 4 is 39.1 Å². The molecule has 0 heterocycles. The van der Waals surface area contributed by atoms with Crippen LogP contribution in [-0.4, -0.2) is 58.5 Å². The Labute approximate surface area is 247 Å². The van der Waals surface area contributed by atoms with E-state index >= 15 is 0 Å². The van der Waals surface area contributed by atoms with E-state index in [2.05, 4.69) is 5.32 Å². The average Bonchev–Trinajstić information content (AvgIpc) is 2.99. The molecule has 1 atom stereocenters. The van der Waals surface area contributed by atoms with Crippen molar-refractivity contribution < 1.29 is 27.5 Å². The van der Waals surface area contributed by atoms with Crippen molar-refractivity contribution in [2.24, 2.45) is 0 Å². The average molecular weight is 602 g/mol. The number of methoxy groups -OCH3 is 2. The Morgan fingerprint density at radius 3 is 2.29 bits per heavy atom. The van der Waals surface area contributed by atoms with Crippen LogP contribution >= 0.6 is 11.6 Å². The van der Waals surface area contributed by atoms with E-state index in [1.807, 2.05) is 6.92 Å².